The molecule has 0 saturated carbocycles. The second kappa shape index (κ2) is 5.71. The first-order valence-corrected chi connectivity index (χ1v) is 5.95. The minimum absolute atomic E-state index is 0.0673. The summed E-state index contributed by atoms with van der Waals surface area (Å²) in [5.41, 5.74) is 6.36. The monoisotopic (exact) mass is 263 g/mol. The summed E-state index contributed by atoms with van der Waals surface area (Å²) in [4.78, 5) is 4.33. The van der Waals surface area contributed by atoms with Crippen molar-refractivity contribution < 1.29 is 14.0 Å². The van der Waals surface area contributed by atoms with E-state index in [1.54, 1.807) is 26.4 Å². The zero-order valence-electron chi connectivity index (χ0n) is 11.2. The number of rotatable bonds is 5. The normalized spacial score (nSPS) is 12.2. The first-order valence-electron chi connectivity index (χ1n) is 5.95. The third-order valence-corrected chi connectivity index (χ3v) is 2.87. The zero-order valence-corrected chi connectivity index (χ0v) is 11.2. The first-order chi connectivity index (χ1) is 9.19. The Labute approximate surface area is 111 Å². The Morgan fingerprint density at radius 3 is 2.63 bits per heavy atom. The summed E-state index contributed by atoms with van der Waals surface area (Å²) in [7, 11) is 3.17. The molecule has 0 bridgehead atoms. The molecule has 6 heteroatoms. The molecule has 0 radical (unpaired) electrons. The molecule has 0 aliphatic rings. The van der Waals surface area contributed by atoms with Crippen LogP contribution in [-0.2, 0) is 0 Å². The van der Waals surface area contributed by atoms with Gasteiger partial charge in [0.05, 0.1) is 14.2 Å². The lowest BCUT2D eigenvalue weighted by Crippen LogP contribution is -2.10. The van der Waals surface area contributed by atoms with E-state index in [2.05, 4.69) is 10.1 Å². The molecule has 0 aliphatic carbocycles. The lowest BCUT2D eigenvalue weighted by atomic mass is 10.1. The summed E-state index contributed by atoms with van der Waals surface area (Å²) in [6, 6.07) is 5.43. The molecule has 0 amide bonds. The van der Waals surface area contributed by atoms with Gasteiger partial charge in [0.1, 0.15) is 0 Å². The van der Waals surface area contributed by atoms with Gasteiger partial charge in [0.2, 0.25) is 0 Å². The summed E-state index contributed by atoms with van der Waals surface area (Å²) < 4.78 is 15.7. The number of aromatic nitrogens is 2. The van der Waals surface area contributed by atoms with Crippen LogP contribution in [0, 0.1) is 0 Å². The Hall–Kier alpha value is -2.08. The number of ether oxygens (including phenoxy) is 2. The Morgan fingerprint density at radius 1 is 1.26 bits per heavy atom. The van der Waals surface area contributed by atoms with Crippen LogP contribution in [0.15, 0.2) is 22.7 Å². The van der Waals surface area contributed by atoms with Crippen molar-refractivity contribution in [3.8, 4) is 23.0 Å². The molecule has 2 rings (SSSR count). The van der Waals surface area contributed by atoms with Gasteiger partial charge in [-0.25, -0.2) is 0 Å². The Kier molecular flexibility index (Phi) is 4.01. The van der Waals surface area contributed by atoms with E-state index in [1.807, 2.05) is 13.0 Å². The Balaban J connectivity index is 2.34. The van der Waals surface area contributed by atoms with E-state index in [4.69, 9.17) is 19.7 Å². The maximum Gasteiger partial charge on any atom is 0.258 e. The third-order valence-electron chi connectivity index (χ3n) is 2.87. The van der Waals surface area contributed by atoms with Crippen LogP contribution in [-0.4, -0.2) is 30.9 Å². The fourth-order valence-electron chi connectivity index (χ4n) is 1.63. The van der Waals surface area contributed by atoms with Crippen LogP contribution in [0.3, 0.4) is 0 Å². The highest BCUT2D eigenvalue weighted by Crippen LogP contribution is 2.31. The van der Waals surface area contributed by atoms with Crippen molar-refractivity contribution in [2.24, 2.45) is 5.73 Å². The average Bonchev–Trinajstić information content (AvgIpc) is 2.95. The summed E-state index contributed by atoms with van der Waals surface area (Å²) in [6.07, 6.45) is 0. The van der Waals surface area contributed by atoms with Gasteiger partial charge >= 0.3 is 0 Å². The molecule has 1 atom stereocenters. The predicted octanol–water partition coefficient (Wildman–Crippen LogP) is 1.82. The quantitative estimate of drug-likeness (QED) is 0.885. The van der Waals surface area contributed by atoms with Crippen LogP contribution in [0.2, 0.25) is 0 Å². The van der Waals surface area contributed by atoms with Gasteiger partial charge in [-0.2, -0.15) is 4.98 Å². The average molecular weight is 263 g/mol. The first kappa shape index (κ1) is 13.4. The molecule has 1 aromatic carbocycles. The standard InChI is InChI=1S/C13H17N3O3/c1-8(7-14)12-15-13(19-16-12)9-4-5-10(17-2)11(6-9)18-3/h4-6,8H,7,14H2,1-3H3. The minimum Gasteiger partial charge on any atom is -0.493 e. The van der Waals surface area contributed by atoms with E-state index in [0.29, 0.717) is 29.8 Å². The van der Waals surface area contributed by atoms with E-state index in [9.17, 15) is 0 Å². The van der Waals surface area contributed by atoms with Crippen LogP contribution in [0.5, 0.6) is 11.5 Å². The molecule has 0 spiro atoms. The van der Waals surface area contributed by atoms with Crippen molar-refractivity contribution in [3.63, 3.8) is 0 Å². The molecule has 6 nitrogen and oxygen atoms in total. The lowest BCUT2D eigenvalue weighted by Gasteiger charge is -2.07. The molecule has 0 saturated heterocycles. The lowest BCUT2D eigenvalue weighted by molar-refractivity contribution is 0.354. The SMILES string of the molecule is COc1ccc(-c2nc(C(C)CN)no2)cc1OC. The second-order valence-corrected chi connectivity index (χ2v) is 4.16. The molecule has 2 N–H and O–H groups in total. The maximum absolute atomic E-state index is 5.58. The number of hydrogen-bond acceptors (Lipinski definition) is 6. The summed E-state index contributed by atoms with van der Waals surface area (Å²) in [5, 5.41) is 3.92. The van der Waals surface area contributed by atoms with E-state index in [1.165, 1.54) is 0 Å². The van der Waals surface area contributed by atoms with Gasteiger partial charge in [-0.05, 0) is 18.2 Å². The van der Waals surface area contributed by atoms with E-state index >= 15 is 0 Å². The van der Waals surface area contributed by atoms with Gasteiger partial charge in [-0.15, -0.1) is 0 Å². The number of nitrogens with zero attached hydrogens (tertiary/aromatic N) is 2. The van der Waals surface area contributed by atoms with Crippen LogP contribution >= 0.6 is 0 Å². The minimum atomic E-state index is 0.0673. The van der Waals surface area contributed by atoms with Crippen LogP contribution in [0.4, 0.5) is 0 Å². The fraction of sp³-hybridized carbons (Fsp3) is 0.385. The molecule has 0 aliphatic heterocycles. The molecular weight excluding hydrogens is 246 g/mol. The Morgan fingerprint density at radius 2 is 2.00 bits per heavy atom. The summed E-state index contributed by atoms with van der Waals surface area (Å²) in [6.45, 7) is 2.42. The fourth-order valence-corrected chi connectivity index (χ4v) is 1.63. The van der Waals surface area contributed by atoms with Gasteiger partial charge in [0, 0.05) is 18.0 Å². The van der Waals surface area contributed by atoms with Gasteiger partial charge in [-0.3, -0.25) is 0 Å². The van der Waals surface area contributed by atoms with Gasteiger partial charge in [-0.1, -0.05) is 12.1 Å². The molecule has 2 aromatic rings. The molecule has 1 heterocycles. The number of nitrogens with two attached hydrogens (primary N) is 1. The van der Waals surface area contributed by atoms with E-state index < -0.39 is 0 Å². The van der Waals surface area contributed by atoms with Crippen LogP contribution in [0.1, 0.15) is 18.7 Å². The molecule has 1 unspecified atom stereocenters. The molecule has 102 valence electrons. The Bertz CT molecular complexity index is 554. The van der Waals surface area contributed by atoms with Crippen molar-refractivity contribution in [3.05, 3.63) is 24.0 Å². The third kappa shape index (κ3) is 2.68. The van der Waals surface area contributed by atoms with Crippen molar-refractivity contribution in [2.45, 2.75) is 12.8 Å². The largest absolute Gasteiger partial charge is 0.493 e. The van der Waals surface area contributed by atoms with Crippen molar-refractivity contribution in [1.29, 1.82) is 0 Å². The van der Waals surface area contributed by atoms with Crippen molar-refractivity contribution in [2.75, 3.05) is 20.8 Å². The van der Waals surface area contributed by atoms with Crippen molar-refractivity contribution in [1.82, 2.24) is 10.1 Å². The highest BCUT2D eigenvalue weighted by Gasteiger charge is 2.15. The number of methoxy groups -OCH3 is 2. The number of hydrogen-bond donors (Lipinski definition) is 1. The smallest absolute Gasteiger partial charge is 0.258 e. The highest BCUT2D eigenvalue weighted by molar-refractivity contribution is 5.59. The molecular formula is C13H17N3O3. The van der Waals surface area contributed by atoms with Crippen molar-refractivity contribution >= 4 is 0 Å². The van der Waals surface area contributed by atoms with Crippen LogP contribution < -0.4 is 15.2 Å². The predicted molar refractivity (Wildman–Crippen MR) is 70.3 cm³/mol. The molecule has 0 fully saturated rings. The van der Waals surface area contributed by atoms with E-state index in [0.717, 1.165) is 5.56 Å². The molecule has 1 aromatic heterocycles. The van der Waals surface area contributed by atoms with Gasteiger partial charge in [0.15, 0.2) is 17.3 Å². The summed E-state index contributed by atoms with van der Waals surface area (Å²) in [5.74, 6) is 2.38. The number of benzene rings is 1. The van der Waals surface area contributed by atoms with Gasteiger partial charge < -0.3 is 19.7 Å². The molecule has 19 heavy (non-hydrogen) atoms. The van der Waals surface area contributed by atoms with Gasteiger partial charge in [0.25, 0.3) is 5.89 Å². The zero-order chi connectivity index (χ0) is 13.8. The van der Waals surface area contributed by atoms with E-state index in [-0.39, 0.29) is 5.92 Å². The maximum atomic E-state index is 5.58. The highest BCUT2D eigenvalue weighted by atomic mass is 16.5. The summed E-state index contributed by atoms with van der Waals surface area (Å²) >= 11 is 0. The topological polar surface area (TPSA) is 83.4 Å². The second-order valence-electron chi connectivity index (χ2n) is 4.16. The van der Waals surface area contributed by atoms with Crippen LogP contribution in [0.25, 0.3) is 11.5 Å².